The molecule has 0 radical (unpaired) electrons. The summed E-state index contributed by atoms with van der Waals surface area (Å²) < 4.78 is 5.48. The summed E-state index contributed by atoms with van der Waals surface area (Å²) in [6, 6.07) is 9.93. The van der Waals surface area contributed by atoms with Crippen molar-refractivity contribution in [2.45, 2.75) is 70.5 Å². The van der Waals surface area contributed by atoms with Crippen molar-refractivity contribution in [2.24, 2.45) is 0 Å². The summed E-state index contributed by atoms with van der Waals surface area (Å²) in [5, 5.41) is 7.61. The highest BCUT2D eigenvalue weighted by Gasteiger charge is 2.37. The number of thiocarbonyl (C=S) groups is 1. The summed E-state index contributed by atoms with van der Waals surface area (Å²) in [6.07, 6.45) is 7.74. The zero-order valence-corrected chi connectivity index (χ0v) is 16.3. The van der Waals surface area contributed by atoms with Crippen LogP contribution in [0.5, 0.6) is 5.75 Å². The summed E-state index contributed by atoms with van der Waals surface area (Å²) >= 11 is 5.55. The number of ether oxygens (including phenoxy) is 1. The van der Waals surface area contributed by atoms with E-state index in [0.29, 0.717) is 12.6 Å². The third-order valence-electron chi connectivity index (χ3n) is 5.37. The molecule has 2 N–H and O–H groups in total. The minimum atomic E-state index is 0.492. The minimum Gasteiger partial charge on any atom is -0.494 e. The Hall–Kier alpha value is -1.33. The Bertz CT molecular complexity index is 549. The average molecular weight is 362 g/mol. The minimum absolute atomic E-state index is 0.492. The van der Waals surface area contributed by atoms with E-state index in [-0.39, 0.29) is 0 Å². The second-order valence-electron chi connectivity index (χ2n) is 7.20. The Morgan fingerprint density at radius 3 is 2.44 bits per heavy atom. The lowest BCUT2D eigenvalue weighted by Gasteiger charge is -2.49. The lowest BCUT2D eigenvalue weighted by atomic mass is 9.81. The summed E-state index contributed by atoms with van der Waals surface area (Å²) in [7, 11) is 0. The van der Waals surface area contributed by atoms with Gasteiger partial charge in [-0.3, -0.25) is 4.90 Å². The molecule has 0 spiro atoms. The molecule has 2 saturated heterocycles. The maximum Gasteiger partial charge on any atom is 0.170 e. The summed E-state index contributed by atoms with van der Waals surface area (Å²) in [5.41, 5.74) is 1.00. The van der Waals surface area contributed by atoms with E-state index in [1.165, 1.54) is 45.1 Å². The molecule has 1 aromatic carbocycles. The Kier molecular flexibility index (Phi) is 6.54. The van der Waals surface area contributed by atoms with Gasteiger partial charge in [0.2, 0.25) is 0 Å². The standard InChI is InChI=1S/C20H31N3OS/c1-3-12-23-17-6-5-7-18(23)14-16(13-17)22-20(25)21-15-8-10-19(11-9-15)24-4-2/h8-11,16-18H,3-7,12-14H2,1-2H3,(H2,21,22,25). The van der Waals surface area contributed by atoms with E-state index in [1.807, 2.05) is 31.2 Å². The van der Waals surface area contributed by atoms with Crippen LogP contribution in [-0.2, 0) is 0 Å². The predicted octanol–water partition coefficient (Wildman–Crippen LogP) is 4.17. The van der Waals surface area contributed by atoms with Crippen molar-refractivity contribution in [1.82, 2.24) is 10.2 Å². The van der Waals surface area contributed by atoms with E-state index in [1.54, 1.807) is 0 Å². The monoisotopic (exact) mass is 361 g/mol. The molecule has 2 aliphatic rings. The number of hydrogen-bond acceptors (Lipinski definition) is 3. The summed E-state index contributed by atoms with van der Waals surface area (Å²) in [5.74, 6) is 0.892. The number of hydrogen-bond donors (Lipinski definition) is 2. The van der Waals surface area contributed by atoms with Gasteiger partial charge in [-0.25, -0.2) is 0 Å². The van der Waals surface area contributed by atoms with Crippen LogP contribution in [0.25, 0.3) is 0 Å². The van der Waals surface area contributed by atoms with Gasteiger partial charge in [0, 0.05) is 23.8 Å². The van der Waals surface area contributed by atoms with Crippen molar-refractivity contribution < 1.29 is 4.74 Å². The fraction of sp³-hybridized carbons (Fsp3) is 0.650. The van der Waals surface area contributed by atoms with Gasteiger partial charge < -0.3 is 15.4 Å². The van der Waals surface area contributed by atoms with Crippen LogP contribution in [0.2, 0.25) is 0 Å². The van der Waals surface area contributed by atoms with Crippen molar-refractivity contribution in [3.05, 3.63) is 24.3 Å². The van der Waals surface area contributed by atoms with E-state index >= 15 is 0 Å². The average Bonchev–Trinajstić information content (AvgIpc) is 2.58. The number of rotatable bonds is 6. The molecule has 0 amide bonds. The molecule has 138 valence electrons. The van der Waals surface area contributed by atoms with Gasteiger partial charge in [0.25, 0.3) is 0 Å². The Morgan fingerprint density at radius 1 is 1.16 bits per heavy atom. The first-order chi connectivity index (χ1) is 12.2. The molecule has 2 bridgehead atoms. The number of benzene rings is 1. The molecule has 2 heterocycles. The van der Waals surface area contributed by atoms with Crippen LogP contribution in [0.4, 0.5) is 5.69 Å². The van der Waals surface area contributed by atoms with E-state index in [4.69, 9.17) is 17.0 Å². The molecule has 2 aliphatic heterocycles. The SMILES string of the molecule is CCCN1C2CCCC1CC(NC(=S)Nc1ccc(OCC)cc1)C2. The Balaban J connectivity index is 1.51. The molecule has 0 aromatic heterocycles. The molecule has 2 unspecified atom stereocenters. The summed E-state index contributed by atoms with van der Waals surface area (Å²) in [6.45, 7) is 6.21. The summed E-state index contributed by atoms with van der Waals surface area (Å²) in [4.78, 5) is 2.75. The predicted molar refractivity (Wildman–Crippen MR) is 108 cm³/mol. The van der Waals surface area contributed by atoms with Crippen LogP contribution in [0, 0.1) is 0 Å². The van der Waals surface area contributed by atoms with Gasteiger partial charge in [0.15, 0.2) is 5.11 Å². The van der Waals surface area contributed by atoms with Gasteiger partial charge in [-0.15, -0.1) is 0 Å². The van der Waals surface area contributed by atoms with E-state index in [2.05, 4.69) is 22.5 Å². The van der Waals surface area contributed by atoms with Crippen molar-refractivity contribution in [3.63, 3.8) is 0 Å². The first kappa shape index (κ1) is 18.5. The van der Waals surface area contributed by atoms with E-state index < -0.39 is 0 Å². The number of piperidine rings is 2. The number of nitrogens with zero attached hydrogens (tertiary/aromatic N) is 1. The lowest BCUT2D eigenvalue weighted by molar-refractivity contribution is 0.0284. The molecular formula is C20H31N3OS. The van der Waals surface area contributed by atoms with Gasteiger partial charge in [0.05, 0.1) is 6.61 Å². The molecule has 5 heteroatoms. The fourth-order valence-electron chi connectivity index (χ4n) is 4.37. The van der Waals surface area contributed by atoms with E-state index in [0.717, 1.165) is 28.6 Å². The quantitative estimate of drug-likeness (QED) is 0.744. The van der Waals surface area contributed by atoms with Gasteiger partial charge in [-0.05, 0) is 82.1 Å². The number of anilines is 1. The highest BCUT2D eigenvalue weighted by molar-refractivity contribution is 7.80. The van der Waals surface area contributed by atoms with Crippen LogP contribution in [0.15, 0.2) is 24.3 Å². The molecule has 4 nitrogen and oxygen atoms in total. The molecular weight excluding hydrogens is 330 g/mol. The third-order valence-corrected chi connectivity index (χ3v) is 5.59. The first-order valence-corrected chi connectivity index (χ1v) is 10.2. The molecule has 1 aromatic rings. The molecule has 3 rings (SSSR count). The largest absolute Gasteiger partial charge is 0.494 e. The molecule has 0 aliphatic carbocycles. The normalized spacial score (nSPS) is 26.1. The van der Waals surface area contributed by atoms with Crippen molar-refractivity contribution in [2.75, 3.05) is 18.5 Å². The third kappa shape index (κ3) is 4.85. The molecule has 2 atom stereocenters. The van der Waals surface area contributed by atoms with Crippen molar-refractivity contribution in [3.8, 4) is 5.75 Å². The first-order valence-electron chi connectivity index (χ1n) is 9.75. The number of nitrogens with one attached hydrogen (secondary N) is 2. The molecule has 0 saturated carbocycles. The zero-order valence-electron chi connectivity index (χ0n) is 15.5. The topological polar surface area (TPSA) is 36.5 Å². The highest BCUT2D eigenvalue weighted by Crippen LogP contribution is 2.34. The Morgan fingerprint density at radius 2 is 1.84 bits per heavy atom. The Labute approximate surface area is 157 Å². The second kappa shape index (κ2) is 8.86. The second-order valence-corrected chi connectivity index (χ2v) is 7.61. The maximum absolute atomic E-state index is 5.55. The molecule has 2 fully saturated rings. The van der Waals surface area contributed by atoms with Crippen LogP contribution in [0.3, 0.4) is 0 Å². The highest BCUT2D eigenvalue weighted by atomic mass is 32.1. The van der Waals surface area contributed by atoms with Gasteiger partial charge in [-0.2, -0.15) is 0 Å². The van der Waals surface area contributed by atoms with Crippen LogP contribution >= 0.6 is 12.2 Å². The van der Waals surface area contributed by atoms with Crippen molar-refractivity contribution in [1.29, 1.82) is 0 Å². The van der Waals surface area contributed by atoms with Gasteiger partial charge >= 0.3 is 0 Å². The van der Waals surface area contributed by atoms with Crippen LogP contribution < -0.4 is 15.4 Å². The smallest absolute Gasteiger partial charge is 0.170 e. The maximum atomic E-state index is 5.55. The number of fused-ring (bicyclic) bond motifs is 2. The van der Waals surface area contributed by atoms with Crippen LogP contribution in [0.1, 0.15) is 52.4 Å². The van der Waals surface area contributed by atoms with Gasteiger partial charge in [0.1, 0.15) is 5.75 Å². The van der Waals surface area contributed by atoms with E-state index in [9.17, 15) is 0 Å². The lowest BCUT2D eigenvalue weighted by Crippen LogP contribution is -2.57. The zero-order chi connectivity index (χ0) is 17.6. The van der Waals surface area contributed by atoms with Crippen LogP contribution in [-0.4, -0.2) is 41.3 Å². The van der Waals surface area contributed by atoms with Gasteiger partial charge in [-0.1, -0.05) is 13.3 Å². The molecule has 25 heavy (non-hydrogen) atoms. The van der Waals surface area contributed by atoms with Crippen molar-refractivity contribution >= 4 is 23.0 Å². The fourth-order valence-corrected chi connectivity index (χ4v) is 4.66.